The molecule has 0 fully saturated rings. The molecule has 0 aliphatic heterocycles. The van der Waals surface area contributed by atoms with Crippen LogP contribution in [0.5, 0.6) is 0 Å². The highest BCUT2D eigenvalue weighted by Crippen LogP contribution is 2.18. The molecule has 0 aromatic rings. The third-order valence-electron chi connectivity index (χ3n) is 3.55. The lowest BCUT2D eigenvalue weighted by Gasteiger charge is -2.28. The fourth-order valence-corrected chi connectivity index (χ4v) is 5.14. The van der Waals surface area contributed by atoms with Crippen molar-refractivity contribution in [3.8, 4) is 0 Å². The van der Waals surface area contributed by atoms with Gasteiger partial charge >= 0.3 is 8.80 Å². The van der Waals surface area contributed by atoms with Gasteiger partial charge in [0.15, 0.2) is 0 Å². The number of carbonyl (C=O) groups excluding carboxylic acids is 1. The molecule has 0 aliphatic carbocycles. The van der Waals surface area contributed by atoms with Gasteiger partial charge in [-0.2, -0.15) is 0 Å². The van der Waals surface area contributed by atoms with E-state index in [-0.39, 0.29) is 11.8 Å². The Morgan fingerprint density at radius 2 is 1.55 bits per heavy atom. The maximum absolute atomic E-state index is 12.1. The molecular weight excluding hydrogens is 298 g/mol. The molecule has 0 bridgehead atoms. The van der Waals surface area contributed by atoms with Crippen molar-refractivity contribution in [2.75, 3.05) is 26.4 Å². The van der Waals surface area contributed by atoms with E-state index in [1.54, 1.807) is 0 Å². The zero-order valence-electron chi connectivity index (χ0n) is 15.1. The van der Waals surface area contributed by atoms with E-state index in [1.165, 1.54) is 0 Å². The van der Waals surface area contributed by atoms with E-state index in [0.29, 0.717) is 26.4 Å². The lowest BCUT2D eigenvalue weighted by Crippen LogP contribution is -2.46. The average molecular weight is 334 g/mol. The van der Waals surface area contributed by atoms with E-state index in [9.17, 15) is 4.79 Å². The summed E-state index contributed by atoms with van der Waals surface area (Å²) < 4.78 is 17.4. The van der Waals surface area contributed by atoms with Gasteiger partial charge in [0.1, 0.15) is 0 Å². The molecule has 0 aromatic carbocycles. The van der Waals surface area contributed by atoms with E-state index < -0.39 is 8.80 Å². The van der Waals surface area contributed by atoms with Gasteiger partial charge < -0.3 is 18.6 Å². The molecule has 132 valence electrons. The number of nitrogens with one attached hydrogen (secondary N) is 1. The fourth-order valence-electron chi connectivity index (χ4n) is 2.53. The van der Waals surface area contributed by atoms with Crippen molar-refractivity contribution in [2.45, 2.75) is 66.3 Å². The van der Waals surface area contributed by atoms with Crippen molar-refractivity contribution in [1.29, 1.82) is 0 Å². The Hall–Kier alpha value is -0.433. The average Bonchev–Trinajstić information content (AvgIpc) is 2.50. The van der Waals surface area contributed by atoms with Crippen LogP contribution in [0.3, 0.4) is 0 Å². The summed E-state index contributed by atoms with van der Waals surface area (Å²) in [7, 11) is -2.57. The van der Waals surface area contributed by atoms with Crippen LogP contribution in [0.2, 0.25) is 6.04 Å². The van der Waals surface area contributed by atoms with E-state index in [1.807, 2.05) is 20.8 Å². The molecule has 0 rings (SSSR count). The first-order valence-corrected chi connectivity index (χ1v) is 10.7. The molecule has 0 saturated carbocycles. The van der Waals surface area contributed by atoms with E-state index in [4.69, 9.17) is 13.3 Å². The molecule has 0 aliphatic rings. The summed E-state index contributed by atoms with van der Waals surface area (Å²) in [6, 6.07) is 0.743. The molecule has 1 N–H and O–H groups in total. The van der Waals surface area contributed by atoms with Crippen LogP contribution in [0.4, 0.5) is 0 Å². The number of hydrogen-bond acceptors (Lipinski definition) is 4. The van der Waals surface area contributed by atoms with Crippen LogP contribution in [0.15, 0.2) is 0 Å². The Labute approximate surface area is 137 Å². The van der Waals surface area contributed by atoms with Gasteiger partial charge in [0, 0.05) is 38.3 Å². The highest BCUT2D eigenvalue weighted by molar-refractivity contribution is 6.60. The third kappa shape index (κ3) is 8.27. The lowest BCUT2D eigenvalue weighted by molar-refractivity contribution is -0.125. The Morgan fingerprint density at radius 1 is 1.00 bits per heavy atom. The van der Waals surface area contributed by atoms with Crippen molar-refractivity contribution in [2.24, 2.45) is 5.92 Å². The number of rotatable bonds is 14. The van der Waals surface area contributed by atoms with Gasteiger partial charge in [-0.15, -0.1) is 0 Å². The van der Waals surface area contributed by atoms with Gasteiger partial charge in [-0.3, -0.25) is 4.79 Å². The van der Waals surface area contributed by atoms with Gasteiger partial charge in [0.2, 0.25) is 5.91 Å². The maximum Gasteiger partial charge on any atom is 0.500 e. The van der Waals surface area contributed by atoms with Crippen LogP contribution in [0.25, 0.3) is 0 Å². The van der Waals surface area contributed by atoms with Crippen LogP contribution in [0.1, 0.15) is 60.3 Å². The quantitative estimate of drug-likeness (QED) is 0.391. The minimum Gasteiger partial charge on any atom is -0.374 e. The largest absolute Gasteiger partial charge is 0.500 e. The van der Waals surface area contributed by atoms with Crippen LogP contribution in [-0.4, -0.2) is 41.1 Å². The smallest absolute Gasteiger partial charge is 0.374 e. The van der Waals surface area contributed by atoms with Gasteiger partial charge in [-0.25, -0.2) is 0 Å². The number of carbonyl (C=O) groups is 1. The summed E-state index contributed by atoms with van der Waals surface area (Å²) in [6.07, 6.45) is 3.72. The molecule has 0 aromatic heterocycles. The second-order valence-electron chi connectivity index (χ2n) is 5.27. The monoisotopic (exact) mass is 333 g/mol. The topological polar surface area (TPSA) is 56.8 Å². The summed E-state index contributed by atoms with van der Waals surface area (Å²) >= 11 is 0. The van der Waals surface area contributed by atoms with E-state index in [0.717, 1.165) is 31.7 Å². The summed E-state index contributed by atoms with van der Waals surface area (Å²) in [5.74, 6) is 0.304. The molecule has 0 heterocycles. The predicted molar refractivity (Wildman–Crippen MR) is 91.8 cm³/mol. The lowest BCUT2D eigenvalue weighted by atomic mass is 10.00. The minimum atomic E-state index is -2.57. The Kier molecular flexibility index (Phi) is 12.8. The fraction of sp³-hybridized carbons (Fsp3) is 0.938. The van der Waals surface area contributed by atoms with Crippen LogP contribution in [0, 0.1) is 5.92 Å². The van der Waals surface area contributed by atoms with Crippen molar-refractivity contribution < 1.29 is 18.1 Å². The Balaban J connectivity index is 4.28. The first-order valence-electron chi connectivity index (χ1n) is 8.78. The Bertz CT molecular complexity index is 272. The molecular formula is C16H35NO4Si. The van der Waals surface area contributed by atoms with Gasteiger partial charge in [-0.05, 0) is 40.0 Å². The highest BCUT2D eigenvalue weighted by Gasteiger charge is 2.39. The summed E-state index contributed by atoms with van der Waals surface area (Å²) in [4.78, 5) is 12.1. The van der Waals surface area contributed by atoms with Crippen molar-refractivity contribution in [3.05, 3.63) is 0 Å². The molecule has 0 spiro atoms. The molecule has 0 saturated heterocycles. The van der Waals surface area contributed by atoms with Crippen molar-refractivity contribution >= 4 is 14.7 Å². The zero-order chi connectivity index (χ0) is 16.8. The normalized spacial score (nSPS) is 13.1. The molecule has 6 heteroatoms. The Morgan fingerprint density at radius 3 is 1.95 bits per heavy atom. The summed E-state index contributed by atoms with van der Waals surface area (Å²) in [6.45, 7) is 12.5. The first-order chi connectivity index (χ1) is 10.6. The van der Waals surface area contributed by atoms with E-state index >= 15 is 0 Å². The maximum atomic E-state index is 12.1. The predicted octanol–water partition coefficient (Wildman–Crippen LogP) is 3.37. The summed E-state index contributed by atoms with van der Waals surface area (Å²) in [5, 5.41) is 3.03. The third-order valence-corrected chi connectivity index (χ3v) is 6.70. The molecule has 1 amide bonds. The molecule has 0 unspecified atom stereocenters. The zero-order valence-corrected chi connectivity index (χ0v) is 16.1. The SMILES string of the molecule is CCC[C@H](CC)C(=O)NCCC[Si](OCC)(OCC)OCC. The molecule has 0 radical (unpaired) electrons. The van der Waals surface area contributed by atoms with Crippen LogP contribution < -0.4 is 5.32 Å². The molecule has 22 heavy (non-hydrogen) atoms. The summed E-state index contributed by atoms with van der Waals surface area (Å²) in [5.41, 5.74) is 0. The van der Waals surface area contributed by atoms with Gasteiger partial charge in [0.05, 0.1) is 0 Å². The van der Waals surface area contributed by atoms with E-state index in [2.05, 4.69) is 19.2 Å². The number of hydrogen-bond donors (Lipinski definition) is 1. The van der Waals surface area contributed by atoms with Crippen molar-refractivity contribution in [1.82, 2.24) is 5.32 Å². The first kappa shape index (κ1) is 21.6. The van der Waals surface area contributed by atoms with Gasteiger partial charge in [-0.1, -0.05) is 20.3 Å². The van der Waals surface area contributed by atoms with Crippen molar-refractivity contribution in [3.63, 3.8) is 0 Å². The molecule has 5 nitrogen and oxygen atoms in total. The molecule has 1 atom stereocenters. The number of amides is 1. The standard InChI is InChI=1S/C16H35NO4Si/c1-6-12-15(7-2)16(18)17-13-11-14-22(19-8-3,20-9-4)21-10-5/h15H,6-14H2,1-5H3,(H,17,18)/t15-/m0/s1. The second kappa shape index (κ2) is 13.0. The minimum absolute atomic E-state index is 0.137. The highest BCUT2D eigenvalue weighted by atomic mass is 28.4. The van der Waals surface area contributed by atoms with Crippen LogP contribution in [-0.2, 0) is 18.1 Å². The second-order valence-corrected chi connectivity index (χ2v) is 8.00. The van der Waals surface area contributed by atoms with Gasteiger partial charge in [0.25, 0.3) is 0 Å². The van der Waals surface area contributed by atoms with Crippen LogP contribution >= 0.6 is 0 Å².